The van der Waals surface area contributed by atoms with Crippen LogP contribution in [0.5, 0.6) is 0 Å². The number of carbonyl (C=O) groups is 1. The van der Waals surface area contributed by atoms with Crippen LogP contribution in [0.1, 0.15) is 40.8 Å². The van der Waals surface area contributed by atoms with Crippen molar-refractivity contribution in [2.24, 2.45) is 0 Å². The maximum Gasteiger partial charge on any atom is 0.222 e. The summed E-state index contributed by atoms with van der Waals surface area (Å²) in [7, 11) is 0. The van der Waals surface area contributed by atoms with Gasteiger partial charge in [-0.1, -0.05) is 23.2 Å². The number of aryl methyl sites for hydroxylation is 1. The van der Waals surface area contributed by atoms with Gasteiger partial charge in [0, 0.05) is 46.3 Å². The number of halogens is 2. The first-order valence-corrected chi connectivity index (χ1v) is 10.9. The summed E-state index contributed by atoms with van der Waals surface area (Å²) in [5, 5.41) is 1.46. The van der Waals surface area contributed by atoms with E-state index in [1.54, 1.807) is 6.07 Å². The fourth-order valence-corrected chi connectivity index (χ4v) is 4.42. The molecule has 8 heteroatoms. The Morgan fingerprint density at radius 1 is 1.21 bits per heavy atom. The monoisotopic (exact) mass is 439 g/mol. The molecule has 1 aliphatic heterocycles. The maximum absolute atomic E-state index is 12.6. The van der Waals surface area contributed by atoms with Crippen LogP contribution in [-0.4, -0.2) is 31.1 Å². The number of rotatable bonds is 5. The molecule has 0 saturated heterocycles. The Balaban J connectivity index is 1.60. The lowest BCUT2D eigenvalue weighted by Gasteiger charge is -2.31. The molecule has 0 spiro atoms. The van der Waals surface area contributed by atoms with E-state index in [-0.39, 0.29) is 10.8 Å². The second-order valence-electron chi connectivity index (χ2n) is 6.97. The van der Waals surface area contributed by atoms with Gasteiger partial charge in [-0.2, -0.15) is 0 Å². The van der Waals surface area contributed by atoms with Gasteiger partial charge in [0.25, 0.3) is 0 Å². The van der Waals surface area contributed by atoms with Crippen molar-refractivity contribution < 1.29 is 13.6 Å². The summed E-state index contributed by atoms with van der Waals surface area (Å²) in [4.78, 5) is 18.8. The quantitative estimate of drug-likeness (QED) is 0.655. The molecule has 1 amide bonds. The molecule has 1 aromatic heterocycles. The third-order valence-electron chi connectivity index (χ3n) is 5.26. The van der Waals surface area contributed by atoms with Crippen LogP contribution in [0.2, 0.25) is 10.0 Å². The highest BCUT2D eigenvalue weighted by molar-refractivity contribution is 7.79. The van der Waals surface area contributed by atoms with Gasteiger partial charge in [-0.05, 0) is 78.6 Å². The first kappa shape index (κ1) is 21.2. The molecule has 28 heavy (non-hydrogen) atoms. The molecule has 0 N–H and O–H groups in total. The van der Waals surface area contributed by atoms with Crippen molar-refractivity contribution in [1.29, 1.82) is 0 Å². The van der Waals surface area contributed by atoms with E-state index in [1.165, 1.54) is 12.3 Å². The predicted octanol–water partition coefficient (Wildman–Crippen LogP) is 4.15. The zero-order valence-electron chi connectivity index (χ0n) is 15.8. The second kappa shape index (κ2) is 8.91. The maximum atomic E-state index is 12.6. The first-order chi connectivity index (χ1) is 13.3. The molecular formula is C20H21Cl2N2O3S-. The first-order valence-electron chi connectivity index (χ1n) is 9.07. The summed E-state index contributed by atoms with van der Waals surface area (Å²) in [6, 6.07) is 3.20. The zero-order chi connectivity index (χ0) is 20.4. The molecule has 1 aliphatic rings. The SMILES string of the molecule is Cc1c(C)c(Cl)c2c(c1Cl)CCN(C(=O)CCCc1ccc(S(=O)[O-])cn1)C2. The van der Waals surface area contributed by atoms with E-state index in [1.807, 2.05) is 18.7 Å². The minimum absolute atomic E-state index is 0.0772. The summed E-state index contributed by atoms with van der Waals surface area (Å²) in [6.45, 7) is 5.03. The Morgan fingerprint density at radius 2 is 1.89 bits per heavy atom. The van der Waals surface area contributed by atoms with Crippen LogP contribution in [0.25, 0.3) is 0 Å². The molecule has 150 valence electrons. The van der Waals surface area contributed by atoms with E-state index in [2.05, 4.69) is 4.98 Å². The molecular weight excluding hydrogens is 419 g/mol. The Kier molecular flexibility index (Phi) is 6.76. The summed E-state index contributed by atoms with van der Waals surface area (Å²) >= 11 is 10.7. The zero-order valence-corrected chi connectivity index (χ0v) is 18.1. The van der Waals surface area contributed by atoms with Crippen molar-refractivity contribution in [2.45, 2.75) is 51.0 Å². The molecule has 0 aliphatic carbocycles. The van der Waals surface area contributed by atoms with E-state index < -0.39 is 11.1 Å². The minimum atomic E-state index is -2.27. The van der Waals surface area contributed by atoms with Gasteiger partial charge >= 0.3 is 0 Å². The summed E-state index contributed by atoms with van der Waals surface area (Å²) in [5.74, 6) is 0.0772. The van der Waals surface area contributed by atoms with Gasteiger partial charge in [0.05, 0.1) is 0 Å². The Hall–Kier alpha value is -1.47. The number of hydrogen-bond acceptors (Lipinski definition) is 4. The average Bonchev–Trinajstić information content (AvgIpc) is 2.70. The third-order valence-corrected chi connectivity index (χ3v) is 6.91. The van der Waals surface area contributed by atoms with Crippen molar-refractivity contribution in [3.63, 3.8) is 0 Å². The number of pyridine rings is 1. The largest absolute Gasteiger partial charge is 0.768 e. The van der Waals surface area contributed by atoms with E-state index in [0.717, 1.165) is 33.0 Å². The fourth-order valence-electron chi connectivity index (χ4n) is 3.44. The van der Waals surface area contributed by atoms with Gasteiger partial charge in [-0.15, -0.1) is 0 Å². The van der Waals surface area contributed by atoms with Crippen LogP contribution in [0.15, 0.2) is 23.2 Å². The van der Waals surface area contributed by atoms with Crippen LogP contribution in [0.4, 0.5) is 0 Å². The predicted molar refractivity (Wildman–Crippen MR) is 109 cm³/mol. The van der Waals surface area contributed by atoms with Gasteiger partial charge in [-0.3, -0.25) is 14.0 Å². The van der Waals surface area contributed by atoms with Crippen LogP contribution in [0.3, 0.4) is 0 Å². The molecule has 0 fully saturated rings. The summed E-state index contributed by atoms with van der Waals surface area (Å²) in [5.41, 5.74) is 4.75. The summed E-state index contributed by atoms with van der Waals surface area (Å²) in [6.07, 6.45) is 3.71. The summed E-state index contributed by atoms with van der Waals surface area (Å²) < 4.78 is 21.7. The molecule has 1 atom stereocenters. The van der Waals surface area contributed by atoms with Crippen molar-refractivity contribution in [1.82, 2.24) is 9.88 Å². The van der Waals surface area contributed by atoms with E-state index in [9.17, 15) is 13.6 Å². The van der Waals surface area contributed by atoms with Gasteiger partial charge in [0.2, 0.25) is 5.91 Å². The molecule has 1 unspecified atom stereocenters. The number of nitrogens with zero attached hydrogens (tertiary/aromatic N) is 2. The highest BCUT2D eigenvalue weighted by Gasteiger charge is 2.26. The lowest BCUT2D eigenvalue weighted by Crippen LogP contribution is -2.36. The number of amides is 1. The smallest absolute Gasteiger partial charge is 0.222 e. The highest BCUT2D eigenvalue weighted by Crippen LogP contribution is 2.37. The third kappa shape index (κ3) is 4.40. The molecule has 0 radical (unpaired) electrons. The standard InChI is InChI=1S/C20H22Cl2N2O3S/c1-12-13(2)20(22)17-11-24(9-8-16(17)19(12)21)18(25)5-3-4-14-6-7-15(10-23-14)28(26)27/h6-7,10H,3-5,8-9,11H2,1-2H3,(H,26,27)/p-1. The van der Waals surface area contributed by atoms with Crippen LogP contribution in [-0.2, 0) is 35.3 Å². The Morgan fingerprint density at radius 3 is 2.50 bits per heavy atom. The van der Waals surface area contributed by atoms with E-state index in [0.29, 0.717) is 43.8 Å². The normalized spacial score (nSPS) is 14.7. The van der Waals surface area contributed by atoms with Crippen LogP contribution >= 0.6 is 23.2 Å². The van der Waals surface area contributed by atoms with Crippen molar-refractivity contribution >= 4 is 40.2 Å². The van der Waals surface area contributed by atoms with Crippen molar-refractivity contribution in [3.05, 3.63) is 56.3 Å². The van der Waals surface area contributed by atoms with Crippen molar-refractivity contribution in [3.8, 4) is 0 Å². The van der Waals surface area contributed by atoms with E-state index >= 15 is 0 Å². The van der Waals surface area contributed by atoms with Crippen LogP contribution in [0, 0.1) is 13.8 Å². The fraction of sp³-hybridized carbons (Fsp3) is 0.400. The highest BCUT2D eigenvalue weighted by atomic mass is 35.5. The molecule has 2 aromatic rings. The number of aromatic nitrogens is 1. The van der Waals surface area contributed by atoms with Gasteiger partial charge in [0.1, 0.15) is 0 Å². The molecule has 2 heterocycles. The topological polar surface area (TPSA) is 73.3 Å². The van der Waals surface area contributed by atoms with Gasteiger partial charge < -0.3 is 9.45 Å². The molecule has 0 bridgehead atoms. The van der Waals surface area contributed by atoms with E-state index in [4.69, 9.17) is 23.2 Å². The number of carbonyl (C=O) groups excluding carboxylic acids is 1. The van der Waals surface area contributed by atoms with Gasteiger partial charge in [-0.25, -0.2) is 0 Å². The minimum Gasteiger partial charge on any atom is -0.768 e. The molecule has 0 saturated carbocycles. The molecule has 3 rings (SSSR count). The lowest BCUT2D eigenvalue weighted by atomic mass is 9.94. The second-order valence-corrected chi connectivity index (χ2v) is 8.67. The number of hydrogen-bond donors (Lipinski definition) is 0. The molecule has 5 nitrogen and oxygen atoms in total. The van der Waals surface area contributed by atoms with Crippen molar-refractivity contribution in [2.75, 3.05) is 6.54 Å². The lowest BCUT2D eigenvalue weighted by molar-refractivity contribution is -0.132. The van der Waals surface area contributed by atoms with Crippen LogP contribution < -0.4 is 0 Å². The van der Waals surface area contributed by atoms with Gasteiger partial charge in [0.15, 0.2) is 0 Å². The molecule has 1 aromatic carbocycles. The Bertz CT molecular complexity index is 932. The number of fused-ring (bicyclic) bond motifs is 1. The average molecular weight is 440 g/mol. The Labute approximate surface area is 177 Å². The number of benzene rings is 1.